The first-order valence-electron chi connectivity index (χ1n) is 18.3. The van der Waals surface area contributed by atoms with Crippen LogP contribution < -0.4 is 5.32 Å². The molecule has 0 amide bonds. The lowest BCUT2D eigenvalue weighted by Gasteiger charge is -2.18. The summed E-state index contributed by atoms with van der Waals surface area (Å²) in [6.45, 7) is 0. The van der Waals surface area contributed by atoms with Crippen molar-refractivity contribution >= 4 is 80.9 Å². The van der Waals surface area contributed by atoms with Crippen LogP contribution in [0.5, 0.6) is 0 Å². The molecule has 0 aliphatic heterocycles. The Kier molecular flexibility index (Phi) is 7.86. The van der Waals surface area contributed by atoms with E-state index in [1.54, 1.807) is 0 Å². The summed E-state index contributed by atoms with van der Waals surface area (Å²) in [5.74, 6) is 0. The summed E-state index contributed by atoms with van der Waals surface area (Å²) in [7, 11) is 0. The minimum atomic E-state index is 0.441. The zero-order valence-corrected chi connectivity index (χ0v) is 30.2. The van der Waals surface area contributed by atoms with Gasteiger partial charge in [-0.25, -0.2) is 0 Å². The van der Waals surface area contributed by atoms with E-state index in [9.17, 15) is 5.41 Å². The van der Waals surface area contributed by atoms with Crippen LogP contribution in [0.1, 0.15) is 11.1 Å². The average molecular weight is 707 g/mol. The van der Waals surface area contributed by atoms with Crippen LogP contribution in [0.3, 0.4) is 0 Å². The number of fused-ring (bicyclic) bond motifs is 10. The number of hydrogen-bond acceptors (Lipinski definition) is 3. The first-order valence-corrected chi connectivity index (χ1v) is 19.1. The SMILES string of the molecule is N=C(/C=C(\Nc1ccccc1)c1cc(-c2ccccc2)cc(-c2cc3c4ccccc4c4ccccc4c3c3sc4ccccc4c23)c1)c1ccccc1. The summed E-state index contributed by atoms with van der Waals surface area (Å²) in [6.07, 6.45) is 1.96. The highest BCUT2D eigenvalue weighted by Gasteiger charge is 2.20. The molecule has 0 atom stereocenters. The lowest BCUT2D eigenvalue weighted by atomic mass is 9.88. The molecule has 0 saturated heterocycles. The Morgan fingerprint density at radius 1 is 0.444 bits per heavy atom. The van der Waals surface area contributed by atoms with Crippen molar-refractivity contribution in [3.63, 3.8) is 0 Å². The maximum Gasteiger partial charge on any atom is 0.0633 e. The van der Waals surface area contributed by atoms with E-state index < -0.39 is 0 Å². The zero-order valence-electron chi connectivity index (χ0n) is 29.4. The van der Waals surface area contributed by atoms with Crippen LogP contribution in [-0.4, -0.2) is 5.71 Å². The Labute approximate surface area is 317 Å². The number of thiophene rings is 1. The highest BCUT2D eigenvalue weighted by Crippen LogP contribution is 2.49. The van der Waals surface area contributed by atoms with Crippen LogP contribution in [0.4, 0.5) is 5.69 Å². The number of rotatable bonds is 7. The van der Waals surface area contributed by atoms with Gasteiger partial charge in [-0.2, -0.15) is 0 Å². The fourth-order valence-corrected chi connectivity index (χ4v) is 9.24. The van der Waals surface area contributed by atoms with Crippen LogP contribution in [-0.2, 0) is 0 Å². The minimum Gasteiger partial charge on any atom is -0.355 e. The highest BCUT2D eigenvalue weighted by molar-refractivity contribution is 7.27. The maximum atomic E-state index is 9.21. The van der Waals surface area contributed by atoms with Gasteiger partial charge in [0.25, 0.3) is 0 Å². The van der Waals surface area contributed by atoms with Crippen molar-refractivity contribution < 1.29 is 0 Å². The molecule has 10 rings (SSSR count). The standard InChI is InChI=1S/C51H34N2S/c52-46(34-18-6-2-7-19-34)32-47(53-38-20-8-3-9-21-38)37-29-35(33-16-4-1-5-17-33)28-36(30-37)44-31-45-41-24-11-10-22-39(41)40-23-12-13-25-42(40)49(45)51-50(44)43-26-14-15-27-48(43)54-51/h1-32,52-53H/b47-32-,52-46?. The molecule has 0 aliphatic rings. The molecule has 0 fully saturated rings. The molecule has 254 valence electrons. The third-order valence-corrected chi connectivity index (χ3v) is 11.6. The van der Waals surface area contributed by atoms with Crippen LogP contribution in [0.25, 0.3) is 80.4 Å². The number of allylic oxidation sites excluding steroid dienone is 1. The summed E-state index contributed by atoms with van der Waals surface area (Å²) >= 11 is 1.89. The lowest BCUT2D eigenvalue weighted by Crippen LogP contribution is -2.04. The fraction of sp³-hybridized carbons (Fsp3) is 0. The van der Waals surface area contributed by atoms with E-state index in [0.29, 0.717) is 5.71 Å². The van der Waals surface area contributed by atoms with E-state index in [0.717, 1.165) is 39.2 Å². The van der Waals surface area contributed by atoms with Gasteiger partial charge in [0.05, 0.1) is 5.71 Å². The Bertz CT molecular complexity index is 3070. The van der Waals surface area contributed by atoms with Gasteiger partial charge in [-0.3, -0.25) is 0 Å². The number of nitrogens with one attached hydrogen (secondary N) is 2. The van der Waals surface area contributed by atoms with Crippen molar-refractivity contribution in [2.24, 2.45) is 0 Å². The molecule has 0 bridgehead atoms. The second-order valence-corrected chi connectivity index (χ2v) is 14.8. The second kappa shape index (κ2) is 13.3. The summed E-state index contributed by atoms with van der Waals surface area (Å²) in [6, 6.07) is 66.7. The molecule has 0 radical (unpaired) electrons. The highest BCUT2D eigenvalue weighted by atomic mass is 32.1. The molecule has 1 aromatic heterocycles. The van der Waals surface area contributed by atoms with Gasteiger partial charge in [0, 0.05) is 36.9 Å². The smallest absolute Gasteiger partial charge is 0.0633 e. The molecular formula is C51H34N2S. The van der Waals surface area contributed by atoms with Crippen molar-refractivity contribution in [1.29, 1.82) is 5.41 Å². The summed E-state index contributed by atoms with van der Waals surface area (Å²) in [4.78, 5) is 0. The molecule has 0 spiro atoms. The number of para-hydroxylation sites is 1. The Morgan fingerprint density at radius 2 is 1.00 bits per heavy atom. The molecule has 10 aromatic rings. The van der Waals surface area contributed by atoms with E-state index in [-0.39, 0.29) is 0 Å². The molecule has 0 unspecified atom stereocenters. The van der Waals surface area contributed by atoms with Gasteiger partial charge >= 0.3 is 0 Å². The zero-order chi connectivity index (χ0) is 36.0. The topological polar surface area (TPSA) is 35.9 Å². The predicted molar refractivity (Wildman–Crippen MR) is 234 cm³/mol. The third-order valence-electron chi connectivity index (χ3n) is 10.4. The van der Waals surface area contributed by atoms with Gasteiger partial charge in [-0.15, -0.1) is 11.3 Å². The molecular weight excluding hydrogens is 673 g/mol. The number of hydrogen-bond donors (Lipinski definition) is 2. The van der Waals surface area contributed by atoms with Crippen LogP contribution >= 0.6 is 11.3 Å². The van der Waals surface area contributed by atoms with Crippen LogP contribution in [0.2, 0.25) is 0 Å². The van der Waals surface area contributed by atoms with Gasteiger partial charge < -0.3 is 10.7 Å². The van der Waals surface area contributed by atoms with E-state index >= 15 is 0 Å². The fourth-order valence-electron chi connectivity index (χ4n) is 7.95. The average Bonchev–Trinajstić information content (AvgIpc) is 3.64. The Hall–Kier alpha value is -6.81. The van der Waals surface area contributed by atoms with Gasteiger partial charge in [-0.1, -0.05) is 146 Å². The Morgan fingerprint density at radius 3 is 1.72 bits per heavy atom. The van der Waals surface area contributed by atoms with E-state index in [4.69, 9.17) is 0 Å². The molecule has 3 heteroatoms. The van der Waals surface area contributed by atoms with Gasteiger partial charge in [-0.05, 0) is 109 Å². The van der Waals surface area contributed by atoms with E-state index in [2.05, 4.69) is 145 Å². The van der Waals surface area contributed by atoms with Crippen LogP contribution in [0.15, 0.2) is 194 Å². The summed E-state index contributed by atoms with van der Waals surface area (Å²) in [5.41, 5.74) is 8.72. The van der Waals surface area contributed by atoms with Gasteiger partial charge in [0.1, 0.15) is 0 Å². The largest absolute Gasteiger partial charge is 0.355 e. The molecule has 0 aliphatic carbocycles. The third kappa shape index (κ3) is 5.54. The first-order chi connectivity index (χ1) is 26.7. The molecule has 1 heterocycles. The maximum absolute atomic E-state index is 9.21. The Balaban J connectivity index is 1.31. The molecule has 0 saturated carbocycles. The van der Waals surface area contributed by atoms with Crippen molar-refractivity contribution in [1.82, 2.24) is 0 Å². The summed E-state index contributed by atoms with van der Waals surface area (Å²) < 4.78 is 2.59. The van der Waals surface area contributed by atoms with Crippen molar-refractivity contribution in [2.45, 2.75) is 0 Å². The number of anilines is 1. The van der Waals surface area contributed by atoms with Crippen molar-refractivity contribution in [3.05, 3.63) is 205 Å². The van der Waals surface area contributed by atoms with Crippen molar-refractivity contribution in [2.75, 3.05) is 5.32 Å². The quantitative estimate of drug-likeness (QED) is 0.126. The van der Waals surface area contributed by atoms with Gasteiger partial charge in [0.15, 0.2) is 0 Å². The normalized spacial score (nSPS) is 11.9. The first kappa shape index (κ1) is 31.9. The lowest BCUT2D eigenvalue weighted by molar-refractivity contribution is 1.48. The van der Waals surface area contributed by atoms with E-state index in [1.165, 1.54) is 58.1 Å². The monoisotopic (exact) mass is 706 g/mol. The van der Waals surface area contributed by atoms with Gasteiger partial charge in [0.2, 0.25) is 0 Å². The minimum absolute atomic E-state index is 0.441. The molecule has 54 heavy (non-hydrogen) atoms. The molecule has 2 N–H and O–H groups in total. The molecule has 2 nitrogen and oxygen atoms in total. The van der Waals surface area contributed by atoms with Crippen LogP contribution in [0, 0.1) is 5.41 Å². The molecule has 9 aromatic carbocycles. The van der Waals surface area contributed by atoms with E-state index in [1.807, 2.05) is 65.9 Å². The second-order valence-electron chi connectivity index (χ2n) is 13.7. The number of benzene rings is 9. The predicted octanol–water partition coefficient (Wildman–Crippen LogP) is 14.4. The van der Waals surface area contributed by atoms with Crippen molar-refractivity contribution in [3.8, 4) is 22.3 Å². The summed E-state index contributed by atoms with van der Waals surface area (Å²) in [5, 5.41) is 23.1.